The zero-order valence-corrected chi connectivity index (χ0v) is 15.2. The SMILES string of the molecule is CC(NC(=O)CNC(=O)c1ccc(Br)o1)c1cccc2ccccc12. The zero-order valence-electron chi connectivity index (χ0n) is 13.6. The number of fused-ring (bicyclic) bond motifs is 1. The molecule has 6 heteroatoms. The van der Waals surface area contributed by atoms with Gasteiger partial charge in [-0.15, -0.1) is 0 Å². The molecule has 0 aliphatic heterocycles. The molecule has 0 bridgehead atoms. The summed E-state index contributed by atoms with van der Waals surface area (Å²) >= 11 is 3.13. The Morgan fingerprint density at radius 1 is 1.08 bits per heavy atom. The molecule has 1 heterocycles. The van der Waals surface area contributed by atoms with E-state index in [-0.39, 0.29) is 24.3 Å². The molecule has 0 saturated heterocycles. The average molecular weight is 401 g/mol. The Hall–Kier alpha value is -2.60. The van der Waals surface area contributed by atoms with Gasteiger partial charge in [-0.05, 0) is 51.3 Å². The topological polar surface area (TPSA) is 71.3 Å². The third kappa shape index (κ3) is 4.09. The van der Waals surface area contributed by atoms with Gasteiger partial charge >= 0.3 is 0 Å². The minimum absolute atomic E-state index is 0.119. The Morgan fingerprint density at radius 3 is 2.60 bits per heavy atom. The molecular formula is C19H17BrN2O3. The third-order valence-electron chi connectivity index (χ3n) is 3.87. The summed E-state index contributed by atoms with van der Waals surface area (Å²) in [5, 5.41) is 7.67. The first kappa shape index (κ1) is 17.2. The van der Waals surface area contributed by atoms with Crippen LogP contribution >= 0.6 is 15.9 Å². The minimum atomic E-state index is -0.432. The van der Waals surface area contributed by atoms with Gasteiger partial charge in [0.2, 0.25) is 5.91 Å². The predicted octanol–water partition coefficient (Wildman–Crippen LogP) is 3.80. The number of carbonyl (C=O) groups is 2. The van der Waals surface area contributed by atoms with Crippen LogP contribution in [0.3, 0.4) is 0 Å². The number of carbonyl (C=O) groups excluding carboxylic acids is 2. The van der Waals surface area contributed by atoms with E-state index in [0.29, 0.717) is 4.67 Å². The van der Waals surface area contributed by atoms with E-state index >= 15 is 0 Å². The normalized spacial score (nSPS) is 11.9. The largest absolute Gasteiger partial charge is 0.444 e. The van der Waals surface area contributed by atoms with E-state index in [9.17, 15) is 9.59 Å². The molecule has 2 aromatic carbocycles. The molecule has 25 heavy (non-hydrogen) atoms. The lowest BCUT2D eigenvalue weighted by Crippen LogP contribution is -2.37. The molecular weight excluding hydrogens is 384 g/mol. The van der Waals surface area contributed by atoms with Crippen molar-refractivity contribution in [3.63, 3.8) is 0 Å². The van der Waals surface area contributed by atoms with E-state index in [0.717, 1.165) is 16.3 Å². The number of amides is 2. The van der Waals surface area contributed by atoms with E-state index in [4.69, 9.17) is 4.42 Å². The van der Waals surface area contributed by atoms with Gasteiger partial charge in [-0.25, -0.2) is 0 Å². The molecule has 0 spiro atoms. The first-order valence-corrected chi connectivity index (χ1v) is 8.64. The van der Waals surface area contributed by atoms with Gasteiger partial charge in [-0.1, -0.05) is 42.5 Å². The highest BCUT2D eigenvalue weighted by atomic mass is 79.9. The van der Waals surface area contributed by atoms with Gasteiger partial charge in [0, 0.05) is 0 Å². The van der Waals surface area contributed by atoms with Gasteiger partial charge in [0.05, 0.1) is 12.6 Å². The van der Waals surface area contributed by atoms with Crippen LogP contribution < -0.4 is 10.6 Å². The molecule has 1 unspecified atom stereocenters. The number of halogens is 1. The Morgan fingerprint density at radius 2 is 1.84 bits per heavy atom. The molecule has 1 aromatic heterocycles. The molecule has 2 amide bonds. The molecule has 5 nitrogen and oxygen atoms in total. The second kappa shape index (κ2) is 7.53. The van der Waals surface area contributed by atoms with Crippen molar-refractivity contribution in [3.8, 4) is 0 Å². The summed E-state index contributed by atoms with van der Waals surface area (Å²) in [6.07, 6.45) is 0. The van der Waals surface area contributed by atoms with E-state index in [1.54, 1.807) is 6.07 Å². The molecule has 1 atom stereocenters. The van der Waals surface area contributed by atoms with Gasteiger partial charge in [0.1, 0.15) is 0 Å². The van der Waals surface area contributed by atoms with Crippen molar-refractivity contribution in [1.82, 2.24) is 10.6 Å². The smallest absolute Gasteiger partial charge is 0.287 e. The lowest BCUT2D eigenvalue weighted by Gasteiger charge is -2.16. The van der Waals surface area contributed by atoms with Crippen LogP contribution in [-0.2, 0) is 4.79 Å². The van der Waals surface area contributed by atoms with Crippen molar-refractivity contribution in [3.05, 3.63) is 70.6 Å². The van der Waals surface area contributed by atoms with Crippen molar-refractivity contribution in [2.24, 2.45) is 0 Å². The van der Waals surface area contributed by atoms with Crippen molar-refractivity contribution >= 4 is 38.5 Å². The van der Waals surface area contributed by atoms with E-state index in [1.165, 1.54) is 6.07 Å². The molecule has 0 saturated carbocycles. The lowest BCUT2D eigenvalue weighted by molar-refractivity contribution is -0.120. The van der Waals surface area contributed by atoms with Gasteiger partial charge in [0.25, 0.3) is 5.91 Å². The number of hydrogen-bond donors (Lipinski definition) is 2. The van der Waals surface area contributed by atoms with Crippen LogP contribution in [0.25, 0.3) is 10.8 Å². The molecule has 0 aliphatic rings. The molecule has 0 radical (unpaired) electrons. The molecule has 3 aromatic rings. The second-order valence-electron chi connectivity index (χ2n) is 5.64. The molecule has 0 aliphatic carbocycles. The summed E-state index contributed by atoms with van der Waals surface area (Å²) in [6.45, 7) is 1.80. The fourth-order valence-corrected chi connectivity index (χ4v) is 2.99. The molecule has 2 N–H and O–H groups in total. The fourth-order valence-electron chi connectivity index (χ4n) is 2.68. The fraction of sp³-hybridized carbons (Fsp3) is 0.158. The number of rotatable bonds is 5. The van der Waals surface area contributed by atoms with Crippen LogP contribution in [0.2, 0.25) is 0 Å². The van der Waals surface area contributed by atoms with Crippen LogP contribution in [0.4, 0.5) is 0 Å². The highest BCUT2D eigenvalue weighted by molar-refractivity contribution is 9.10. The van der Waals surface area contributed by atoms with Crippen molar-refractivity contribution in [2.75, 3.05) is 6.54 Å². The Kier molecular flexibility index (Phi) is 5.19. The predicted molar refractivity (Wildman–Crippen MR) is 99.2 cm³/mol. The van der Waals surface area contributed by atoms with Crippen molar-refractivity contribution in [1.29, 1.82) is 0 Å². The molecule has 3 rings (SSSR count). The van der Waals surface area contributed by atoms with Gasteiger partial charge < -0.3 is 15.1 Å². The first-order chi connectivity index (χ1) is 12.0. The zero-order chi connectivity index (χ0) is 17.8. The maximum atomic E-state index is 12.1. The lowest BCUT2D eigenvalue weighted by atomic mass is 10.00. The number of hydrogen-bond acceptors (Lipinski definition) is 3. The van der Waals surface area contributed by atoms with Gasteiger partial charge in [-0.3, -0.25) is 9.59 Å². The van der Waals surface area contributed by atoms with Gasteiger partial charge in [0.15, 0.2) is 10.4 Å². The van der Waals surface area contributed by atoms with E-state index in [1.807, 2.05) is 49.4 Å². The molecule has 0 fully saturated rings. The van der Waals surface area contributed by atoms with Crippen LogP contribution in [0.5, 0.6) is 0 Å². The van der Waals surface area contributed by atoms with Crippen LogP contribution in [-0.4, -0.2) is 18.4 Å². The maximum absolute atomic E-state index is 12.1. The summed E-state index contributed by atoms with van der Waals surface area (Å²) in [6, 6.07) is 17.0. The van der Waals surface area contributed by atoms with Crippen LogP contribution in [0, 0.1) is 0 Å². The monoisotopic (exact) mass is 400 g/mol. The number of furan rings is 1. The standard InChI is InChI=1S/C19H17BrN2O3/c1-12(14-8-4-6-13-5-2-3-7-15(13)14)22-18(23)11-21-19(24)16-9-10-17(20)25-16/h2-10,12H,11H2,1H3,(H,21,24)(H,22,23). The summed E-state index contributed by atoms with van der Waals surface area (Å²) in [7, 11) is 0. The van der Waals surface area contributed by atoms with E-state index in [2.05, 4.69) is 26.6 Å². The van der Waals surface area contributed by atoms with Crippen molar-refractivity contribution < 1.29 is 14.0 Å². The third-order valence-corrected chi connectivity index (χ3v) is 4.30. The van der Waals surface area contributed by atoms with Crippen molar-refractivity contribution in [2.45, 2.75) is 13.0 Å². The van der Waals surface area contributed by atoms with Crippen LogP contribution in [0.15, 0.2) is 63.7 Å². The highest BCUT2D eigenvalue weighted by Crippen LogP contribution is 2.23. The van der Waals surface area contributed by atoms with Gasteiger partial charge in [-0.2, -0.15) is 0 Å². The maximum Gasteiger partial charge on any atom is 0.287 e. The summed E-state index contributed by atoms with van der Waals surface area (Å²) in [5.41, 5.74) is 1.03. The van der Waals surface area contributed by atoms with E-state index < -0.39 is 5.91 Å². The summed E-state index contributed by atoms with van der Waals surface area (Å²) < 4.78 is 5.61. The molecule has 128 valence electrons. The average Bonchev–Trinajstić information content (AvgIpc) is 3.05. The van der Waals surface area contributed by atoms with Crippen LogP contribution in [0.1, 0.15) is 29.1 Å². The Balaban J connectivity index is 1.61. The number of benzene rings is 2. The Labute approximate surface area is 153 Å². The first-order valence-electron chi connectivity index (χ1n) is 7.85. The number of nitrogens with one attached hydrogen (secondary N) is 2. The summed E-state index contributed by atoms with van der Waals surface area (Å²) in [5.74, 6) is -0.542. The minimum Gasteiger partial charge on any atom is -0.444 e. The highest BCUT2D eigenvalue weighted by Gasteiger charge is 2.15. The second-order valence-corrected chi connectivity index (χ2v) is 6.43. The quantitative estimate of drug-likeness (QED) is 0.683. The Bertz CT molecular complexity index is 914. The summed E-state index contributed by atoms with van der Waals surface area (Å²) in [4.78, 5) is 24.0.